The number of carboxylic acids is 1. The van der Waals surface area contributed by atoms with E-state index in [-0.39, 0.29) is 18.9 Å². The van der Waals surface area contributed by atoms with E-state index in [1.807, 2.05) is 19.1 Å². The second kappa shape index (κ2) is 7.08. The Morgan fingerprint density at radius 1 is 1.38 bits per heavy atom. The topological polar surface area (TPSA) is 76.1 Å². The van der Waals surface area contributed by atoms with E-state index < -0.39 is 12.0 Å². The smallest absolute Gasteiger partial charge is 0.328 e. The number of hydrogen-bond donors (Lipinski definition) is 1. The Morgan fingerprint density at radius 2 is 2.10 bits per heavy atom. The van der Waals surface area contributed by atoms with Crippen molar-refractivity contribution in [3.05, 3.63) is 29.8 Å². The maximum atomic E-state index is 12.3. The highest BCUT2D eigenvalue weighted by molar-refractivity contribution is 5.85. The summed E-state index contributed by atoms with van der Waals surface area (Å²) in [6.07, 6.45) is 0.177. The minimum absolute atomic E-state index is 0.0460. The lowest BCUT2D eigenvalue weighted by Gasteiger charge is -2.32. The van der Waals surface area contributed by atoms with Crippen molar-refractivity contribution in [2.24, 2.45) is 0 Å². The van der Waals surface area contributed by atoms with Gasteiger partial charge in [-0.15, -0.1) is 0 Å². The summed E-state index contributed by atoms with van der Waals surface area (Å²) in [6, 6.07) is 6.35. The van der Waals surface area contributed by atoms with Crippen LogP contribution in [0.3, 0.4) is 0 Å². The fourth-order valence-corrected chi connectivity index (χ4v) is 2.25. The van der Waals surface area contributed by atoms with Gasteiger partial charge in [0.2, 0.25) is 5.91 Å². The number of aliphatic carboxylic acids is 1. The second-order valence-electron chi connectivity index (χ2n) is 4.77. The van der Waals surface area contributed by atoms with Crippen LogP contribution in [0.5, 0.6) is 5.75 Å². The zero-order chi connectivity index (χ0) is 15.2. The Bertz CT molecular complexity index is 499. The van der Waals surface area contributed by atoms with Crippen molar-refractivity contribution < 1.29 is 24.2 Å². The third-order valence-corrected chi connectivity index (χ3v) is 3.32. The van der Waals surface area contributed by atoms with Crippen molar-refractivity contribution >= 4 is 11.9 Å². The molecular weight excluding hydrogens is 274 g/mol. The number of rotatable bonds is 5. The molecule has 1 saturated heterocycles. The Morgan fingerprint density at radius 3 is 2.71 bits per heavy atom. The molecule has 0 unspecified atom stereocenters. The average Bonchev–Trinajstić information content (AvgIpc) is 2.49. The maximum absolute atomic E-state index is 12.3. The van der Waals surface area contributed by atoms with E-state index in [9.17, 15) is 9.59 Å². The number of carboxylic acid groups (broad SMARTS) is 1. The highest BCUT2D eigenvalue weighted by atomic mass is 16.5. The quantitative estimate of drug-likeness (QED) is 0.874. The lowest BCUT2D eigenvalue weighted by atomic mass is 10.1. The number of morpholine rings is 1. The van der Waals surface area contributed by atoms with Crippen LogP contribution in [0.15, 0.2) is 24.3 Å². The maximum Gasteiger partial charge on any atom is 0.328 e. The standard InChI is InChI=1S/C15H19NO5/c1-2-21-12-5-3-11(4-6-12)9-14(17)16-7-8-20-10-13(16)15(18)19/h3-6,13H,2,7-10H2,1H3,(H,18,19)/t13-/m0/s1. The number of carbonyl (C=O) groups excluding carboxylic acids is 1. The van der Waals surface area contributed by atoms with E-state index in [4.69, 9.17) is 14.6 Å². The van der Waals surface area contributed by atoms with Crippen LogP contribution in [0, 0.1) is 0 Å². The lowest BCUT2D eigenvalue weighted by Crippen LogP contribution is -2.53. The van der Waals surface area contributed by atoms with Gasteiger partial charge in [0.1, 0.15) is 5.75 Å². The number of ether oxygens (including phenoxy) is 2. The predicted octanol–water partition coefficient (Wildman–Crippen LogP) is 0.940. The molecule has 1 atom stereocenters. The number of amides is 1. The van der Waals surface area contributed by atoms with Gasteiger partial charge in [0.15, 0.2) is 6.04 Å². The van der Waals surface area contributed by atoms with Crippen LogP contribution in [0.4, 0.5) is 0 Å². The van der Waals surface area contributed by atoms with Gasteiger partial charge in [0.05, 0.1) is 26.2 Å². The van der Waals surface area contributed by atoms with Gasteiger partial charge in [0, 0.05) is 6.54 Å². The van der Waals surface area contributed by atoms with E-state index in [1.165, 1.54) is 4.90 Å². The molecule has 1 aliphatic heterocycles. The minimum atomic E-state index is -1.03. The van der Waals surface area contributed by atoms with Crippen LogP contribution in [-0.4, -0.2) is 54.3 Å². The summed E-state index contributed by atoms with van der Waals surface area (Å²) >= 11 is 0. The molecule has 2 rings (SSSR count). The Hall–Kier alpha value is -2.08. The van der Waals surface area contributed by atoms with Crippen LogP contribution in [-0.2, 0) is 20.7 Å². The summed E-state index contributed by atoms with van der Waals surface area (Å²) < 4.78 is 10.5. The van der Waals surface area contributed by atoms with E-state index >= 15 is 0 Å². The molecule has 6 heteroatoms. The van der Waals surface area contributed by atoms with Gasteiger partial charge >= 0.3 is 5.97 Å². The first-order valence-corrected chi connectivity index (χ1v) is 6.93. The van der Waals surface area contributed by atoms with Gasteiger partial charge < -0.3 is 19.5 Å². The molecule has 114 valence electrons. The van der Waals surface area contributed by atoms with Crippen molar-refractivity contribution in [3.63, 3.8) is 0 Å². The Balaban J connectivity index is 2.00. The van der Waals surface area contributed by atoms with Gasteiger partial charge in [-0.05, 0) is 24.6 Å². The predicted molar refractivity (Wildman–Crippen MR) is 75.3 cm³/mol. The SMILES string of the molecule is CCOc1ccc(CC(=O)N2CCOC[C@H]2C(=O)O)cc1. The number of carbonyl (C=O) groups is 2. The van der Waals surface area contributed by atoms with Gasteiger partial charge in [-0.1, -0.05) is 12.1 Å². The van der Waals surface area contributed by atoms with E-state index in [2.05, 4.69) is 0 Å². The summed E-state index contributed by atoms with van der Waals surface area (Å²) in [5.41, 5.74) is 0.832. The third-order valence-electron chi connectivity index (χ3n) is 3.32. The summed E-state index contributed by atoms with van der Waals surface area (Å²) in [4.78, 5) is 24.8. The summed E-state index contributed by atoms with van der Waals surface area (Å²) in [7, 11) is 0. The molecule has 0 spiro atoms. The molecule has 0 saturated carbocycles. The summed E-state index contributed by atoms with van der Waals surface area (Å²) in [6.45, 7) is 3.23. The van der Waals surface area contributed by atoms with Crippen LogP contribution in [0.2, 0.25) is 0 Å². The highest BCUT2D eigenvalue weighted by Gasteiger charge is 2.32. The number of nitrogens with zero attached hydrogens (tertiary/aromatic N) is 1. The molecule has 0 bridgehead atoms. The van der Waals surface area contributed by atoms with Gasteiger partial charge in [0.25, 0.3) is 0 Å². The fraction of sp³-hybridized carbons (Fsp3) is 0.467. The van der Waals surface area contributed by atoms with Crippen LogP contribution < -0.4 is 4.74 Å². The first kappa shape index (κ1) is 15.3. The highest BCUT2D eigenvalue weighted by Crippen LogP contribution is 2.15. The van der Waals surface area contributed by atoms with Crippen LogP contribution >= 0.6 is 0 Å². The lowest BCUT2D eigenvalue weighted by molar-refractivity contribution is -0.158. The van der Waals surface area contributed by atoms with E-state index in [0.29, 0.717) is 19.8 Å². The van der Waals surface area contributed by atoms with Crippen molar-refractivity contribution in [3.8, 4) is 5.75 Å². The Labute approximate surface area is 123 Å². The molecule has 21 heavy (non-hydrogen) atoms. The van der Waals surface area contributed by atoms with E-state index in [1.54, 1.807) is 12.1 Å². The van der Waals surface area contributed by atoms with Gasteiger partial charge in [-0.25, -0.2) is 4.79 Å². The van der Waals surface area contributed by atoms with E-state index in [0.717, 1.165) is 11.3 Å². The average molecular weight is 293 g/mol. The largest absolute Gasteiger partial charge is 0.494 e. The molecule has 0 aromatic heterocycles. The molecule has 1 aromatic rings. The normalized spacial score (nSPS) is 18.3. The molecule has 1 N–H and O–H groups in total. The summed E-state index contributed by atoms with van der Waals surface area (Å²) in [5, 5.41) is 9.13. The molecule has 1 fully saturated rings. The van der Waals surface area contributed by atoms with Crippen molar-refractivity contribution in [1.29, 1.82) is 0 Å². The Kier molecular flexibility index (Phi) is 5.16. The molecule has 1 aliphatic rings. The molecule has 6 nitrogen and oxygen atoms in total. The van der Waals surface area contributed by atoms with Gasteiger partial charge in [-0.3, -0.25) is 4.79 Å². The van der Waals surface area contributed by atoms with Gasteiger partial charge in [-0.2, -0.15) is 0 Å². The molecule has 1 heterocycles. The molecule has 0 aliphatic carbocycles. The monoisotopic (exact) mass is 293 g/mol. The number of benzene rings is 1. The first-order chi connectivity index (χ1) is 10.1. The van der Waals surface area contributed by atoms with Crippen molar-refractivity contribution in [2.45, 2.75) is 19.4 Å². The van der Waals surface area contributed by atoms with Crippen molar-refractivity contribution in [1.82, 2.24) is 4.90 Å². The fourth-order valence-electron chi connectivity index (χ4n) is 2.25. The van der Waals surface area contributed by atoms with Crippen LogP contribution in [0.1, 0.15) is 12.5 Å². The third kappa shape index (κ3) is 3.95. The van der Waals surface area contributed by atoms with Crippen molar-refractivity contribution in [2.75, 3.05) is 26.4 Å². The molecular formula is C15H19NO5. The molecule has 1 aromatic carbocycles. The molecule has 1 amide bonds. The summed E-state index contributed by atoms with van der Waals surface area (Å²) in [5.74, 6) is -0.479. The number of hydrogen-bond acceptors (Lipinski definition) is 4. The zero-order valence-electron chi connectivity index (χ0n) is 11.9. The molecule has 0 radical (unpaired) electrons. The van der Waals surface area contributed by atoms with Crippen LogP contribution in [0.25, 0.3) is 0 Å². The zero-order valence-corrected chi connectivity index (χ0v) is 11.9. The second-order valence-corrected chi connectivity index (χ2v) is 4.77. The minimum Gasteiger partial charge on any atom is -0.494 e. The first-order valence-electron chi connectivity index (χ1n) is 6.93.